The zero-order valence-electron chi connectivity index (χ0n) is 14.1. The highest BCUT2D eigenvalue weighted by molar-refractivity contribution is 9.11. The normalized spacial score (nSPS) is 16.5. The molecule has 1 aliphatic heterocycles. The third-order valence-electron chi connectivity index (χ3n) is 4.33. The monoisotopic (exact) mass is 474 g/mol. The van der Waals surface area contributed by atoms with E-state index in [1.165, 1.54) is 15.6 Å². The second kappa shape index (κ2) is 8.43. The van der Waals surface area contributed by atoms with Gasteiger partial charge in [0.1, 0.15) is 4.21 Å². The second-order valence-electron chi connectivity index (χ2n) is 5.93. The van der Waals surface area contributed by atoms with Gasteiger partial charge in [0.15, 0.2) is 0 Å². The van der Waals surface area contributed by atoms with Crippen molar-refractivity contribution in [2.75, 3.05) is 24.7 Å². The lowest BCUT2D eigenvalue weighted by atomic mass is 9.97. The quantitative estimate of drug-likeness (QED) is 0.656. The Labute approximate surface area is 170 Å². The van der Waals surface area contributed by atoms with Crippen molar-refractivity contribution in [3.63, 3.8) is 0 Å². The maximum absolute atomic E-state index is 12.7. The summed E-state index contributed by atoms with van der Waals surface area (Å²) in [5, 5.41) is 2.99. The number of hydrogen-bond acceptors (Lipinski definition) is 5. The van der Waals surface area contributed by atoms with Crippen molar-refractivity contribution in [1.29, 1.82) is 0 Å². The average molecular weight is 475 g/mol. The molecule has 1 aliphatic rings. The van der Waals surface area contributed by atoms with E-state index >= 15 is 0 Å². The number of carbonyl (C=O) groups is 1. The van der Waals surface area contributed by atoms with Crippen LogP contribution in [-0.4, -0.2) is 38.0 Å². The molecule has 1 saturated heterocycles. The minimum atomic E-state index is -3.47. The molecule has 3 rings (SSSR count). The number of sulfonamides is 1. The van der Waals surface area contributed by atoms with Crippen LogP contribution in [0, 0.1) is 5.92 Å². The van der Waals surface area contributed by atoms with Gasteiger partial charge in [-0.1, -0.05) is 12.1 Å². The van der Waals surface area contributed by atoms with Gasteiger partial charge >= 0.3 is 0 Å². The van der Waals surface area contributed by atoms with Gasteiger partial charge in [-0.2, -0.15) is 4.31 Å². The van der Waals surface area contributed by atoms with Gasteiger partial charge in [0.2, 0.25) is 5.91 Å². The first-order chi connectivity index (χ1) is 12.4. The summed E-state index contributed by atoms with van der Waals surface area (Å²) in [4.78, 5) is 13.6. The Morgan fingerprint density at radius 2 is 1.92 bits per heavy atom. The maximum Gasteiger partial charge on any atom is 0.252 e. The van der Waals surface area contributed by atoms with Crippen LogP contribution >= 0.6 is 39.0 Å². The lowest BCUT2D eigenvalue weighted by molar-refractivity contribution is -0.120. The van der Waals surface area contributed by atoms with Crippen molar-refractivity contribution in [1.82, 2.24) is 4.31 Å². The number of thioether (sulfide) groups is 1. The van der Waals surface area contributed by atoms with Gasteiger partial charge < -0.3 is 5.32 Å². The molecule has 0 aliphatic carbocycles. The highest BCUT2D eigenvalue weighted by atomic mass is 79.9. The Balaban J connectivity index is 1.62. The van der Waals surface area contributed by atoms with Gasteiger partial charge in [0.25, 0.3) is 10.0 Å². The molecule has 0 saturated carbocycles. The number of nitrogens with zero attached hydrogens (tertiary/aromatic N) is 1. The van der Waals surface area contributed by atoms with E-state index < -0.39 is 10.0 Å². The first kappa shape index (κ1) is 19.9. The first-order valence-electron chi connectivity index (χ1n) is 8.11. The number of rotatable bonds is 5. The lowest BCUT2D eigenvalue weighted by Gasteiger charge is -2.30. The Morgan fingerprint density at radius 3 is 2.54 bits per heavy atom. The Kier molecular flexibility index (Phi) is 6.45. The predicted molar refractivity (Wildman–Crippen MR) is 110 cm³/mol. The van der Waals surface area contributed by atoms with E-state index in [1.807, 2.05) is 30.5 Å². The second-order valence-corrected chi connectivity index (χ2v) is 11.4. The van der Waals surface area contributed by atoms with Crippen LogP contribution in [0.4, 0.5) is 5.69 Å². The third-order valence-corrected chi connectivity index (χ3v) is 9.12. The standard InChI is InChI=1S/C17H19BrN2O3S3/c1-24-14-5-3-2-4-13(14)19-17(21)12-8-10-20(11-9-12)26(22,23)16-7-6-15(18)25-16/h2-7,12H,8-11H2,1H3,(H,19,21). The summed E-state index contributed by atoms with van der Waals surface area (Å²) in [5.74, 6) is -0.214. The van der Waals surface area contributed by atoms with Crippen molar-refractivity contribution in [3.05, 3.63) is 40.2 Å². The number of halogens is 1. The van der Waals surface area contributed by atoms with Crippen LogP contribution in [-0.2, 0) is 14.8 Å². The van der Waals surface area contributed by atoms with Gasteiger partial charge in [0, 0.05) is 23.9 Å². The molecule has 5 nitrogen and oxygen atoms in total. The van der Waals surface area contributed by atoms with Crippen LogP contribution in [0.5, 0.6) is 0 Å². The summed E-state index contributed by atoms with van der Waals surface area (Å²) in [5.41, 5.74) is 0.809. The SMILES string of the molecule is CSc1ccccc1NC(=O)C1CCN(S(=O)(=O)c2ccc(Br)s2)CC1. The largest absolute Gasteiger partial charge is 0.325 e. The van der Waals surface area contributed by atoms with Gasteiger partial charge in [0.05, 0.1) is 9.47 Å². The van der Waals surface area contributed by atoms with Crippen molar-refractivity contribution >= 4 is 60.6 Å². The maximum atomic E-state index is 12.7. The number of carbonyl (C=O) groups excluding carboxylic acids is 1. The van der Waals surface area contributed by atoms with Crippen LogP contribution in [0.2, 0.25) is 0 Å². The number of piperidine rings is 1. The number of benzene rings is 1. The Hall–Kier alpha value is -0.870. The topological polar surface area (TPSA) is 66.5 Å². The van der Waals surface area contributed by atoms with Crippen molar-refractivity contribution in [2.45, 2.75) is 21.9 Å². The van der Waals surface area contributed by atoms with Gasteiger partial charge in [-0.25, -0.2) is 8.42 Å². The first-order valence-corrected chi connectivity index (χ1v) is 12.4. The van der Waals surface area contributed by atoms with Crippen LogP contribution in [0.25, 0.3) is 0 Å². The summed E-state index contributed by atoms with van der Waals surface area (Å²) in [6.07, 6.45) is 3.02. The Bertz CT molecular complexity index is 890. The molecule has 26 heavy (non-hydrogen) atoms. The number of hydrogen-bond donors (Lipinski definition) is 1. The molecule has 0 spiro atoms. The molecule has 140 valence electrons. The van der Waals surface area contributed by atoms with Crippen LogP contribution in [0.3, 0.4) is 0 Å². The number of thiophene rings is 1. The minimum absolute atomic E-state index is 0.0394. The lowest BCUT2D eigenvalue weighted by Crippen LogP contribution is -2.41. The fourth-order valence-corrected chi connectivity index (χ4v) is 7.09. The molecule has 0 unspecified atom stereocenters. The van der Waals surface area contributed by atoms with Gasteiger partial charge in [-0.3, -0.25) is 4.79 Å². The van der Waals surface area contributed by atoms with E-state index in [9.17, 15) is 13.2 Å². The fourth-order valence-electron chi connectivity index (χ4n) is 2.90. The van der Waals surface area contributed by atoms with Crippen molar-refractivity contribution < 1.29 is 13.2 Å². The molecule has 0 radical (unpaired) electrons. The smallest absolute Gasteiger partial charge is 0.252 e. The summed E-state index contributed by atoms with van der Waals surface area (Å²) >= 11 is 6.09. The summed E-state index contributed by atoms with van der Waals surface area (Å²) in [6, 6.07) is 11.0. The molecule has 1 amide bonds. The number of amides is 1. The minimum Gasteiger partial charge on any atom is -0.325 e. The van der Waals surface area contributed by atoms with Crippen molar-refractivity contribution in [2.24, 2.45) is 5.92 Å². The highest BCUT2D eigenvalue weighted by Gasteiger charge is 2.33. The van der Waals surface area contributed by atoms with E-state index in [1.54, 1.807) is 23.9 Å². The van der Waals surface area contributed by atoms with Crippen molar-refractivity contribution in [3.8, 4) is 0 Å². The molecule has 0 atom stereocenters. The molecular formula is C17H19BrN2O3S3. The van der Waals surface area contributed by atoms with Crippen LogP contribution in [0.15, 0.2) is 49.3 Å². The number of anilines is 1. The zero-order valence-corrected chi connectivity index (χ0v) is 18.2. The Morgan fingerprint density at radius 1 is 1.23 bits per heavy atom. The molecule has 0 bridgehead atoms. The number of para-hydroxylation sites is 1. The summed E-state index contributed by atoms with van der Waals surface area (Å²) in [7, 11) is -3.47. The van der Waals surface area contributed by atoms with E-state index in [2.05, 4.69) is 21.2 Å². The zero-order chi connectivity index (χ0) is 18.7. The molecule has 2 aromatic rings. The molecule has 2 heterocycles. The summed E-state index contributed by atoms with van der Waals surface area (Å²) < 4.78 is 27.9. The molecule has 1 aromatic heterocycles. The van der Waals surface area contributed by atoms with Crippen LogP contribution < -0.4 is 5.32 Å². The summed E-state index contributed by atoms with van der Waals surface area (Å²) in [6.45, 7) is 0.722. The van der Waals surface area contributed by atoms with E-state index in [0.717, 1.165) is 14.4 Å². The van der Waals surface area contributed by atoms with Gasteiger partial charge in [-0.05, 0) is 59.3 Å². The predicted octanol–water partition coefficient (Wildman–Crippen LogP) is 4.27. The molecule has 1 aromatic carbocycles. The molecule has 1 N–H and O–H groups in total. The molecule has 9 heteroatoms. The average Bonchev–Trinajstić information content (AvgIpc) is 3.09. The number of nitrogens with one attached hydrogen (secondary N) is 1. The third kappa shape index (κ3) is 4.33. The van der Waals surface area contributed by atoms with Crippen LogP contribution in [0.1, 0.15) is 12.8 Å². The highest BCUT2D eigenvalue weighted by Crippen LogP contribution is 2.31. The van der Waals surface area contributed by atoms with E-state index in [0.29, 0.717) is 30.1 Å². The molecule has 1 fully saturated rings. The fraction of sp³-hybridized carbons (Fsp3) is 0.353. The van der Waals surface area contributed by atoms with E-state index in [4.69, 9.17) is 0 Å². The van der Waals surface area contributed by atoms with Gasteiger partial charge in [-0.15, -0.1) is 23.1 Å². The molecular weight excluding hydrogens is 456 g/mol. The van der Waals surface area contributed by atoms with E-state index in [-0.39, 0.29) is 11.8 Å².